The number of benzene rings is 2. The zero-order valence-electron chi connectivity index (χ0n) is 10.6. The van der Waals surface area contributed by atoms with E-state index in [0.717, 1.165) is 21.2 Å². The number of alkyl halides is 1. The lowest BCUT2D eigenvalue weighted by atomic mass is 10.1. The molecule has 0 bridgehead atoms. The normalized spacial score (nSPS) is 17.1. The van der Waals surface area contributed by atoms with Crippen LogP contribution in [0.1, 0.15) is 22.9 Å². The summed E-state index contributed by atoms with van der Waals surface area (Å²) in [6.45, 7) is 0. The van der Waals surface area contributed by atoms with Gasteiger partial charge in [0.2, 0.25) is 0 Å². The highest BCUT2D eigenvalue weighted by Crippen LogP contribution is 2.32. The molecule has 0 fully saturated rings. The molecule has 1 unspecified atom stereocenters. The van der Waals surface area contributed by atoms with Crippen molar-refractivity contribution < 1.29 is 0 Å². The van der Waals surface area contributed by atoms with Crippen LogP contribution >= 0.6 is 34.2 Å². The van der Waals surface area contributed by atoms with Gasteiger partial charge in [-0.05, 0) is 23.8 Å². The van der Waals surface area contributed by atoms with E-state index < -0.39 is 0 Å². The van der Waals surface area contributed by atoms with Gasteiger partial charge in [0.25, 0.3) is 0 Å². The number of hydrogen-bond donors (Lipinski definition) is 2. The van der Waals surface area contributed by atoms with Crippen LogP contribution in [-0.2, 0) is 4.43 Å². The third-order valence-electron chi connectivity index (χ3n) is 3.28. The molecule has 1 atom stereocenters. The van der Waals surface area contributed by atoms with Crippen LogP contribution in [0.4, 0.5) is 5.69 Å². The highest BCUT2D eigenvalue weighted by Gasteiger charge is 2.21. The third-order valence-corrected chi connectivity index (χ3v) is 4.49. The third kappa shape index (κ3) is 2.50. The second-order valence-electron chi connectivity index (χ2n) is 4.60. The fraction of sp³-hybridized carbons (Fsp3) is 0.133. The minimum Gasteiger partial charge on any atom is -0.383 e. The molecule has 0 aliphatic carbocycles. The van der Waals surface area contributed by atoms with E-state index in [4.69, 9.17) is 17.3 Å². The molecule has 3 N–H and O–H groups in total. The lowest BCUT2D eigenvalue weighted by Crippen LogP contribution is -2.25. The number of hydrogen-bond acceptors (Lipinski definition) is 3. The number of amidine groups is 1. The van der Waals surface area contributed by atoms with Crippen LogP contribution in [0.2, 0.25) is 5.02 Å². The highest BCUT2D eigenvalue weighted by atomic mass is 127. The Morgan fingerprint density at radius 2 is 2.05 bits per heavy atom. The molecular formula is C15H13ClIN3. The zero-order chi connectivity index (χ0) is 14.1. The van der Waals surface area contributed by atoms with Crippen LogP contribution < -0.4 is 11.1 Å². The van der Waals surface area contributed by atoms with E-state index in [-0.39, 0.29) is 6.17 Å². The summed E-state index contributed by atoms with van der Waals surface area (Å²) in [5, 5.41) is 4.08. The van der Waals surface area contributed by atoms with Crippen molar-refractivity contribution in [3.63, 3.8) is 0 Å². The average Bonchev–Trinajstić information content (AvgIpc) is 2.47. The molecule has 0 saturated carbocycles. The molecule has 1 aliphatic rings. The van der Waals surface area contributed by atoms with Crippen LogP contribution in [0.3, 0.4) is 0 Å². The first-order valence-corrected chi connectivity index (χ1v) is 8.13. The van der Waals surface area contributed by atoms with Crippen molar-refractivity contribution in [2.75, 3.05) is 5.32 Å². The van der Waals surface area contributed by atoms with Crippen molar-refractivity contribution in [1.29, 1.82) is 0 Å². The van der Waals surface area contributed by atoms with Gasteiger partial charge in [0.15, 0.2) is 0 Å². The van der Waals surface area contributed by atoms with Gasteiger partial charge in [-0.2, -0.15) is 0 Å². The maximum absolute atomic E-state index is 6.36. The number of anilines is 1. The molecule has 0 aromatic heterocycles. The van der Waals surface area contributed by atoms with Gasteiger partial charge in [0.05, 0.1) is 0 Å². The first-order chi connectivity index (χ1) is 9.69. The van der Waals surface area contributed by atoms with E-state index in [1.54, 1.807) is 0 Å². The summed E-state index contributed by atoms with van der Waals surface area (Å²) in [5.74, 6) is 0.540. The lowest BCUT2D eigenvalue weighted by Gasteiger charge is -2.25. The molecule has 2 aromatic rings. The van der Waals surface area contributed by atoms with Crippen molar-refractivity contribution in [3.05, 3.63) is 64.2 Å². The number of fused-ring (bicyclic) bond motifs is 1. The van der Waals surface area contributed by atoms with Crippen LogP contribution in [0.15, 0.2) is 47.5 Å². The Kier molecular flexibility index (Phi) is 3.85. The topological polar surface area (TPSA) is 50.4 Å². The fourth-order valence-electron chi connectivity index (χ4n) is 2.24. The Hall–Kier alpha value is -1.27. The highest BCUT2D eigenvalue weighted by molar-refractivity contribution is 14.1. The SMILES string of the molecule is NC1=NC(c2ccc(CI)cc2Cl)Nc2ccccc21. The number of rotatable bonds is 2. The van der Waals surface area contributed by atoms with Crippen LogP contribution in [-0.4, -0.2) is 5.84 Å². The number of nitrogens with two attached hydrogens (primary N) is 1. The summed E-state index contributed by atoms with van der Waals surface area (Å²) >= 11 is 8.68. The average molecular weight is 398 g/mol. The summed E-state index contributed by atoms with van der Waals surface area (Å²) in [6, 6.07) is 13.9. The second kappa shape index (κ2) is 5.61. The van der Waals surface area contributed by atoms with Gasteiger partial charge >= 0.3 is 0 Å². The molecule has 1 aliphatic heterocycles. The van der Waals surface area contributed by atoms with Crippen molar-refractivity contribution in [2.24, 2.45) is 10.7 Å². The number of aliphatic imine (C=N–C) groups is 1. The minimum absolute atomic E-state index is 0.235. The smallest absolute Gasteiger partial charge is 0.148 e. The number of nitrogens with one attached hydrogen (secondary N) is 1. The Morgan fingerprint density at radius 3 is 2.80 bits per heavy atom. The van der Waals surface area contributed by atoms with Crippen molar-refractivity contribution >= 4 is 45.7 Å². The molecule has 1 heterocycles. The Bertz CT molecular complexity index is 685. The molecule has 3 rings (SSSR count). The van der Waals surface area contributed by atoms with Gasteiger partial charge in [-0.3, -0.25) is 0 Å². The van der Waals surface area contributed by atoms with E-state index in [1.165, 1.54) is 5.56 Å². The van der Waals surface area contributed by atoms with E-state index in [1.807, 2.05) is 36.4 Å². The second-order valence-corrected chi connectivity index (χ2v) is 5.77. The van der Waals surface area contributed by atoms with Crippen molar-refractivity contribution in [3.8, 4) is 0 Å². The maximum Gasteiger partial charge on any atom is 0.148 e. The molecule has 0 amide bonds. The van der Waals surface area contributed by atoms with Crippen LogP contribution in [0.25, 0.3) is 0 Å². The predicted octanol–water partition coefficient (Wildman–Crippen LogP) is 4.10. The number of nitrogens with zero attached hydrogens (tertiary/aromatic N) is 1. The minimum atomic E-state index is -0.235. The summed E-state index contributed by atoms with van der Waals surface area (Å²) in [6.07, 6.45) is -0.235. The van der Waals surface area contributed by atoms with Gasteiger partial charge < -0.3 is 11.1 Å². The van der Waals surface area contributed by atoms with Crippen LogP contribution in [0.5, 0.6) is 0 Å². The molecule has 3 nitrogen and oxygen atoms in total. The Morgan fingerprint density at radius 1 is 1.25 bits per heavy atom. The Labute approximate surface area is 136 Å². The number of para-hydroxylation sites is 1. The van der Waals surface area contributed by atoms with E-state index in [9.17, 15) is 0 Å². The largest absolute Gasteiger partial charge is 0.383 e. The summed E-state index contributed by atoms with van der Waals surface area (Å²) in [7, 11) is 0. The molecule has 0 saturated heterocycles. The fourth-order valence-corrected chi connectivity index (χ4v) is 3.02. The van der Waals surface area contributed by atoms with Gasteiger partial charge in [0, 0.05) is 26.3 Å². The van der Waals surface area contributed by atoms with Crippen LogP contribution in [0, 0.1) is 0 Å². The van der Waals surface area contributed by atoms with Crippen molar-refractivity contribution in [1.82, 2.24) is 0 Å². The van der Waals surface area contributed by atoms with E-state index in [2.05, 4.69) is 39.0 Å². The first kappa shape index (κ1) is 13.7. The van der Waals surface area contributed by atoms with Gasteiger partial charge in [-0.25, -0.2) is 4.99 Å². The molecule has 102 valence electrons. The van der Waals surface area contributed by atoms with E-state index in [0.29, 0.717) is 10.9 Å². The molecule has 5 heteroatoms. The lowest BCUT2D eigenvalue weighted by molar-refractivity contribution is 0.825. The van der Waals surface area contributed by atoms with Gasteiger partial charge in [-0.15, -0.1) is 0 Å². The van der Waals surface area contributed by atoms with Gasteiger partial charge in [-0.1, -0.05) is 58.5 Å². The molecule has 2 aromatic carbocycles. The number of halogens is 2. The van der Waals surface area contributed by atoms with E-state index >= 15 is 0 Å². The first-order valence-electron chi connectivity index (χ1n) is 6.22. The summed E-state index contributed by atoms with van der Waals surface area (Å²) in [5.41, 5.74) is 10.1. The standard InChI is InChI=1S/C15H13ClIN3/c16-12-7-9(8-17)5-6-10(12)15-19-13-4-2-1-3-11(13)14(18)20-15/h1-7,15,19H,8H2,(H2,18,20). The van der Waals surface area contributed by atoms with Gasteiger partial charge in [0.1, 0.15) is 12.0 Å². The van der Waals surface area contributed by atoms with Crippen molar-refractivity contribution in [2.45, 2.75) is 10.6 Å². The zero-order valence-corrected chi connectivity index (χ0v) is 13.5. The molecular weight excluding hydrogens is 385 g/mol. The monoisotopic (exact) mass is 397 g/mol. The quantitative estimate of drug-likeness (QED) is 0.592. The summed E-state index contributed by atoms with van der Waals surface area (Å²) < 4.78 is 0.935. The predicted molar refractivity (Wildman–Crippen MR) is 92.7 cm³/mol. The molecule has 20 heavy (non-hydrogen) atoms. The summed E-state index contributed by atoms with van der Waals surface area (Å²) in [4.78, 5) is 4.51. The molecule has 0 radical (unpaired) electrons. The Balaban J connectivity index is 2.00. The maximum atomic E-state index is 6.36. The molecule has 0 spiro atoms.